The standard InChI is InChI=1S/C16H19NO3/c1-11-8-9-13(18)14(17)16(11,2)15(19)20-10-12-6-4-3-5-7-12/h3-9,14,18H,10,17H2,1-2H3. The Morgan fingerprint density at radius 3 is 2.65 bits per heavy atom. The monoisotopic (exact) mass is 273 g/mol. The molecule has 0 saturated heterocycles. The first kappa shape index (κ1) is 14.3. The summed E-state index contributed by atoms with van der Waals surface area (Å²) in [5.74, 6) is -0.433. The zero-order chi connectivity index (χ0) is 14.8. The van der Waals surface area contributed by atoms with Crippen molar-refractivity contribution in [1.29, 1.82) is 0 Å². The molecule has 1 aromatic rings. The maximum absolute atomic E-state index is 12.4. The van der Waals surface area contributed by atoms with E-state index in [0.717, 1.165) is 11.1 Å². The maximum Gasteiger partial charge on any atom is 0.318 e. The molecule has 0 fully saturated rings. The minimum absolute atomic E-state index is 0.00485. The minimum Gasteiger partial charge on any atom is -0.511 e. The van der Waals surface area contributed by atoms with Gasteiger partial charge in [-0.15, -0.1) is 0 Å². The molecule has 1 aromatic carbocycles. The van der Waals surface area contributed by atoms with E-state index in [2.05, 4.69) is 0 Å². The van der Waals surface area contributed by atoms with Crippen LogP contribution in [-0.2, 0) is 16.1 Å². The fourth-order valence-electron chi connectivity index (χ4n) is 2.19. The molecule has 2 atom stereocenters. The van der Waals surface area contributed by atoms with E-state index in [4.69, 9.17) is 10.5 Å². The highest BCUT2D eigenvalue weighted by molar-refractivity contribution is 5.82. The van der Waals surface area contributed by atoms with Crippen molar-refractivity contribution in [3.63, 3.8) is 0 Å². The van der Waals surface area contributed by atoms with Gasteiger partial charge in [0.1, 0.15) is 17.8 Å². The number of nitrogens with two attached hydrogens (primary N) is 1. The molecule has 2 unspecified atom stereocenters. The Morgan fingerprint density at radius 1 is 1.35 bits per heavy atom. The highest BCUT2D eigenvalue weighted by Crippen LogP contribution is 2.37. The molecule has 0 amide bonds. The van der Waals surface area contributed by atoms with Crippen LogP contribution in [0, 0.1) is 5.41 Å². The summed E-state index contributed by atoms with van der Waals surface area (Å²) in [4.78, 5) is 12.4. The molecular formula is C16H19NO3. The summed E-state index contributed by atoms with van der Waals surface area (Å²) in [5, 5.41) is 9.75. The van der Waals surface area contributed by atoms with Gasteiger partial charge in [-0.25, -0.2) is 0 Å². The van der Waals surface area contributed by atoms with Gasteiger partial charge >= 0.3 is 5.97 Å². The predicted octanol–water partition coefficient (Wildman–Crippen LogP) is 2.47. The molecule has 4 nitrogen and oxygen atoms in total. The SMILES string of the molecule is CC1=CC=C(O)C(N)C1(C)C(=O)OCc1ccccc1. The van der Waals surface area contributed by atoms with Gasteiger partial charge in [0.25, 0.3) is 0 Å². The van der Waals surface area contributed by atoms with Crippen LogP contribution >= 0.6 is 0 Å². The Hall–Kier alpha value is -2.07. The lowest BCUT2D eigenvalue weighted by atomic mass is 9.73. The quantitative estimate of drug-likeness (QED) is 0.830. The van der Waals surface area contributed by atoms with Crippen LogP contribution in [0.15, 0.2) is 53.8 Å². The lowest BCUT2D eigenvalue weighted by Crippen LogP contribution is -2.49. The summed E-state index contributed by atoms with van der Waals surface area (Å²) >= 11 is 0. The van der Waals surface area contributed by atoms with Crippen LogP contribution in [-0.4, -0.2) is 17.1 Å². The molecule has 0 spiro atoms. The van der Waals surface area contributed by atoms with Gasteiger partial charge in [-0.3, -0.25) is 4.79 Å². The van der Waals surface area contributed by atoms with Gasteiger partial charge in [0.05, 0.1) is 6.04 Å². The number of aliphatic hydroxyl groups is 1. The van der Waals surface area contributed by atoms with Crippen LogP contribution in [0.2, 0.25) is 0 Å². The van der Waals surface area contributed by atoms with Gasteiger partial charge in [0.15, 0.2) is 0 Å². The third kappa shape index (κ3) is 2.47. The van der Waals surface area contributed by atoms with Crippen LogP contribution in [0.5, 0.6) is 0 Å². The molecule has 1 aliphatic rings. The zero-order valence-electron chi connectivity index (χ0n) is 11.7. The Balaban J connectivity index is 2.12. The molecule has 4 heteroatoms. The summed E-state index contributed by atoms with van der Waals surface area (Å²) in [6.07, 6.45) is 3.22. The largest absolute Gasteiger partial charge is 0.511 e. The third-order valence-electron chi connectivity index (χ3n) is 3.90. The molecule has 0 saturated carbocycles. The number of hydrogen-bond acceptors (Lipinski definition) is 4. The lowest BCUT2D eigenvalue weighted by molar-refractivity contribution is -0.155. The molecule has 0 bridgehead atoms. The summed E-state index contributed by atoms with van der Waals surface area (Å²) in [7, 11) is 0. The van der Waals surface area contributed by atoms with E-state index < -0.39 is 17.4 Å². The Kier molecular flexibility index (Phi) is 3.95. The van der Waals surface area contributed by atoms with Gasteiger partial charge in [-0.05, 0) is 25.5 Å². The molecule has 0 aliphatic heterocycles. The first-order valence-corrected chi connectivity index (χ1v) is 6.51. The van der Waals surface area contributed by atoms with Gasteiger partial charge in [0.2, 0.25) is 0 Å². The fourth-order valence-corrected chi connectivity index (χ4v) is 2.19. The summed E-state index contributed by atoms with van der Waals surface area (Å²) in [6.45, 7) is 3.70. The second kappa shape index (κ2) is 5.51. The van der Waals surface area contributed by atoms with E-state index in [1.54, 1.807) is 13.0 Å². The van der Waals surface area contributed by atoms with Crippen molar-refractivity contribution in [1.82, 2.24) is 0 Å². The van der Waals surface area contributed by atoms with Crippen LogP contribution in [0.3, 0.4) is 0 Å². The number of rotatable bonds is 3. The van der Waals surface area contributed by atoms with Crippen molar-refractivity contribution in [2.24, 2.45) is 11.1 Å². The van der Waals surface area contributed by atoms with Crippen molar-refractivity contribution in [2.45, 2.75) is 26.5 Å². The number of allylic oxidation sites excluding steroid dienone is 2. The summed E-state index contributed by atoms with van der Waals surface area (Å²) < 4.78 is 5.36. The highest BCUT2D eigenvalue weighted by atomic mass is 16.5. The highest BCUT2D eigenvalue weighted by Gasteiger charge is 2.45. The second-order valence-corrected chi connectivity index (χ2v) is 5.18. The third-order valence-corrected chi connectivity index (χ3v) is 3.90. The Bertz CT molecular complexity index is 562. The van der Waals surface area contributed by atoms with Gasteiger partial charge in [-0.1, -0.05) is 42.0 Å². The van der Waals surface area contributed by atoms with Gasteiger partial charge < -0.3 is 15.6 Å². The van der Waals surface area contributed by atoms with E-state index in [1.165, 1.54) is 6.08 Å². The average Bonchev–Trinajstić information content (AvgIpc) is 2.47. The molecule has 2 rings (SSSR count). The van der Waals surface area contributed by atoms with Crippen molar-refractivity contribution in [2.75, 3.05) is 0 Å². The summed E-state index contributed by atoms with van der Waals surface area (Å²) in [6, 6.07) is 8.66. The second-order valence-electron chi connectivity index (χ2n) is 5.18. The number of benzene rings is 1. The summed E-state index contributed by atoms with van der Waals surface area (Å²) in [5.41, 5.74) is 6.61. The topological polar surface area (TPSA) is 72.5 Å². The molecule has 0 radical (unpaired) electrons. The molecule has 106 valence electrons. The molecule has 20 heavy (non-hydrogen) atoms. The smallest absolute Gasteiger partial charge is 0.318 e. The van der Waals surface area contributed by atoms with E-state index in [0.29, 0.717) is 0 Å². The zero-order valence-corrected chi connectivity index (χ0v) is 11.7. The van der Waals surface area contributed by atoms with Gasteiger partial charge in [-0.2, -0.15) is 0 Å². The lowest BCUT2D eigenvalue weighted by Gasteiger charge is -2.35. The number of hydrogen-bond donors (Lipinski definition) is 2. The molecule has 3 N–H and O–H groups in total. The van der Waals surface area contributed by atoms with E-state index in [-0.39, 0.29) is 12.4 Å². The normalized spacial score (nSPS) is 25.6. The average molecular weight is 273 g/mol. The van der Waals surface area contributed by atoms with Crippen molar-refractivity contribution in [3.05, 3.63) is 59.4 Å². The minimum atomic E-state index is -1.03. The van der Waals surface area contributed by atoms with Crippen LogP contribution < -0.4 is 5.73 Å². The molecule has 0 aromatic heterocycles. The maximum atomic E-state index is 12.4. The molecule has 0 heterocycles. The predicted molar refractivity (Wildman–Crippen MR) is 76.8 cm³/mol. The first-order chi connectivity index (χ1) is 9.46. The Labute approximate surface area is 118 Å². The number of esters is 1. The number of aliphatic hydroxyl groups excluding tert-OH is 1. The van der Waals surface area contributed by atoms with E-state index >= 15 is 0 Å². The van der Waals surface area contributed by atoms with E-state index in [9.17, 15) is 9.90 Å². The number of carbonyl (C=O) groups excluding carboxylic acids is 1. The molecular weight excluding hydrogens is 254 g/mol. The fraction of sp³-hybridized carbons (Fsp3) is 0.312. The van der Waals surface area contributed by atoms with Crippen molar-refractivity contribution in [3.8, 4) is 0 Å². The molecule has 1 aliphatic carbocycles. The number of carbonyl (C=O) groups is 1. The van der Waals surface area contributed by atoms with Crippen LogP contribution in [0.25, 0.3) is 0 Å². The van der Waals surface area contributed by atoms with Crippen LogP contribution in [0.1, 0.15) is 19.4 Å². The van der Waals surface area contributed by atoms with Crippen LogP contribution in [0.4, 0.5) is 0 Å². The van der Waals surface area contributed by atoms with E-state index in [1.807, 2.05) is 37.3 Å². The first-order valence-electron chi connectivity index (χ1n) is 6.51. The Morgan fingerprint density at radius 2 is 2.00 bits per heavy atom. The number of ether oxygens (including phenoxy) is 1. The van der Waals surface area contributed by atoms with Crippen molar-refractivity contribution < 1.29 is 14.6 Å². The van der Waals surface area contributed by atoms with Crippen molar-refractivity contribution >= 4 is 5.97 Å². The van der Waals surface area contributed by atoms with Gasteiger partial charge in [0, 0.05) is 0 Å².